The highest BCUT2D eigenvalue weighted by molar-refractivity contribution is 7.89. The minimum absolute atomic E-state index is 0.117. The Labute approximate surface area is 140 Å². The van der Waals surface area contributed by atoms with Crippen LogP contribution in [0.25, 0.3) is 0 Å². The van der Waals surface area contributed by atoms with Crippen LogP contribution in [0.5, 0.6) is 0 Å². The second-order valence-corrected chi connectivity index (χ2v) is 7.83. The molecule has 2 amide bonds. The molecule has 0 spiro atoms. The van der Waals surface area contributed by atoms with Gasteiger partial charge < -0.3 is 9.80 Å². The van der Waals surface area contributed by atoms with Crippen LogP contribution in [0.2, 0.25) is 5.02 Å². The number of sulfonamides is 1. The number of rotatable bonds is 4. The highest BCUT2D eigenvalue weighted by Crippen LogP contribution is 2.29. The van der Waals surface area contributed by atoms with Crippen LogP contribution in [0.3, 0.4) is 0 Å². The Morgan fingerprint density at radius 2 is 2.09 bits per heavy atom. The van der Waals surface area contributed by atoms with E-state index in [0.29, 0.717) is 11.3 Å². The van der Waals surface area contributed by atoms with Crippen molar-refractivity contribution in [2.45, 2.75) is 6.42 Å². The maximum Gasteiger partial charge on any atom is 0.254 e. The third kappa shape index (κ3) is 4.21. The van der Waals surface area contributed by atoms with Crippen LogP contribution in [0.4, 0.5) is 5.69 Å². The summed E-state index contributed by atoms with van der Waals surface area (Å²) in [6.45, 7) is 0.257. The molecule has 0 bridgehead atoms. The Bertz CT molecular complexity index is 748. The van der Waals surface area contributed by atoms with Gasteiger partial charge in [0.2, 0.25) is 15.9 Å². The number of benzene rings is 1. The van der Waals surface area contributed by atoms with Gasteiger partial charge in [-0.3, -0.25) is 9.59 Å². The van der Waals surface area contributed by atoms with Gasteiger partial charge in [0.25, 0.3) is 5.91 Å². The predicted octanol–water partition coefficient (Wildman–Crippen LogP) is 0.683. The smallest absolute Gasteiger partial charge is 0.254 e. The number of carbonyl (C=O) groups is 2. The van der Waals surface area contributed by atoms with Gasteiger partial charge in [0, 0.05) is 38.7 Å². The maximum atomic E-state index is 12.1. The number of nitrogens with two attached hydrogens (primary N) is 1. The summed E-state index contributed by atoms with van der Waals surface area (Å²) in [5, 5.41) is 5.27. The average molecular weight is 360 g/mol. The topological polar surface area (TPSA) is 101 Å². The summed E-state index contributed by atoms with van der Waals surface area (Å²) in [6, 6.07) is 4.72. The molecule has 1 aromatic rings. The molecule has 0 aliphatic carbocycles. The Morgan fingerprint density at radius 1 is 1.43 bits per heavy atom. The van der Waals surface area contributed by atoms with Crippen molar-refractivity contribution < 1.29 is 18.0 Å². The summed E-state index contributed by atoms with van der Waals surface area (Å²) in [5.41, 5.74) is 0.875. The second-order valence-electron chi connectivity index (χ2n) is 5.77. The first kappa shape index (κ1) is 17.7. The zero-order valence-electron chi connectivity index (χ0n) is 12.8. The third-order valence-corrected chi connectivity index (χ3v) is 4.82. The van der Waals surface area contributed by atoms with E-state index in [2.05, 4.69) is 0 Å². The van der Waals surface area contributed by atoms with Crippen LogP contribution in [0, 0.1) is 5.92 Å². The number of amides is 2. The van der Waals surface area contributed by atoms with Gasteiger partial charge in [0.1, 0.15) is 0 Å². The van der Waals surface area contributed by atoms with E-state index < -0.39 is 10.0 Å². The first-order chi connectivity index (χ1) is 10.6. The largest absolute Gasteiger partial charge is 0.345 e. The molecule has 126 valence electrons. The average Bonchev–Trinajstić information content (AvgIpc) is 2.76. The van der Waals surface area contributed by atoms with E-state index in [0.717, 1.165) is 0 Å². The van der Waals surface area contributed by atoms with Gasteiger partial charge in [-0.1, -0.05) is 11.6 Å². The van der Waals surface area contributed by atoms with Gasteiger partial charge in [-0.25, -0.2) is 13.6 Å². The molecule has 1 aliphatic heterocycles. The number of primary sulfonamides is 1. The van der Waals surface area contributed by atoms with Crippen LogP contribution in [-0.2, 0) is 14.8 Å². The molecule has 9 heteroatoms. The SMILES string of the molecule is CN(C)C(=O)c1ccc(N2CC(CS(N)(=O)=O)CC2=O)cc1Cl. The number of carbonyl (C=O) groups excluding carboxylic acids is 2. The van der Waals surface area contributed by atoms with Crippen LogP contribution in [0.1, 0.15) is 16.8 Å². The van der Waals surface area contributed by atoms with Gasteiger partial charge in [0.05, 0.1) is 16.3 Å². The lowest BCUT2D eigenvalue weighted by atomic mass is 10.1. The van der Waals surface area contributed by atoms with Crippen molar-refractivity contribution >= 4 is 39.1 Å². The molecule has 1 aromatic carbocycles. The lowest BCUT2D eigenvalue weighted by Crippen LogP contribution is -2.27. The van der Waals surface area contributed by atoms with E-state index in [4.69, 9.17) is 16.7 Å². The minimum Gasteiger partial charge on any atom is -0.345 e. The highest BCUT2D eigenvalue weighted by Gasteiger charge is 2.33. The Hall–Kier alpha value is -1.64. The van der Waals surface area contributed by atoms with Crippen molar-refractivity contribution in [3.8, 4) is 0 Å². The summed E-state index contributed by atoms with van der Waals surface area (Å²) >= 11 is 6.14. The normalized spacial score (nSPS) is 18.3. The molecule has 0 aromatic heterocycles. The van der Waals surface area contributed by atoms with Crippen LogP contribution < -0.4 is 10.0 Å². The number of hydrogen-bond acceptors (Lipinski definition) is 4. The van der Waals surface area contributed by atoms with Gasteiger partial charge in [-0.2, -0.15) is 0 Å². The third-order valence-electron chi connectivity index (χ3n) is 3.57. The quantitative estimate of drug-likeness (QED) is 0.854. The molecule has 0 radical (unpaired) electrons. The van der Waals surface area contributed by atoms with E-state index in [9.17, 15) is 18.0 Å². The summed E-state index contributed by atoms with van der Waals surface area (Å²) in [4.78, 5) is 26.9. The van der Waals surface area contributed by atoms with Gasteiger partial charge in [-0.15, -0.1) is 0 Å². The summed E-state index contributed by atoms with van der Waals surface area (Å²) in [7, 11) is -0.388. The van der Waals surface area contributed by atoms with E-state index >= 15 is 0 Å². The fraction of sp³-hybridized carbons (Fsp3) is 0.429. The van der Waals surface area contributed by atoms with Gasteiger partial charge in [-0.05, 0) is 18.2 Å². The fourth-order valence-electron chi connectivity index (χ4n) is 2.56. The fourth-order valence-corrected chi connectivity index (χ4v) is 3.69. The molecular weight excluding hydrogens is 342 g/mol. The molecule has 1 atom stereocenters. The molecule has 7 nitrogen and oxygen atoms in total. The van der Waals surface area contributed by atoms with Crippen molar-refractivity contribution in [2.24, 2.45) is 11.1 Å². The van der Waals surface area contributed by atoms with Crippen molar-refractivity contribution in [1.82, 2.24) is 4.90 Å². The van der Waals surface area contributed by atoms with E-state index in [1.54, 1.807) is 26.2 Å². The van der Waals surface area contributed by atoms with Crippen molar-refractivity contribution in [3.05, 3.63) is 28.8 Å². The molecule has 1 unspecified atom stereocenters. The molecule has 1 heterocycles. The second kappa shape index (κ2) is 6.46. The van der Waals surface area contributed by atoms with E-state index in [1.807, 2.05) is 0 Å². The minimum atomic E-state index is -3.63. The van der Waals surface area contributed by atoms with Crippen LogP contribution in [0.15, 0.2) is 18.2 Å². The van der Waals surface area contributed by atoms with Crippen LogP contribution >= 0.6 is 11.6 Å². The first-order valence-corrected chi connectivity index (χ1v) is 9.00. The number of nitrogens with zero attached hydrogens (tertiary/aromatic N) is 2. The van der Waals surface area contributed by atoms with Gasteiger partial charge in [0.15, 0.2) is 0 Å². The first-order valence-electron chi connectivity index (χ1n) is 6.90. The number of halogens is 1. The highest BCUT2D eigenvalue weighted by atomic mass is 35.5. The maximum absolute atomic E-state index is 12.1. The standard InChI is InChI=1S/C14H18ClN3O4S/c1-17(2)14(20)11-4-3-10(6-12(11)15)18-7-9(5-13(18)19)8-23(16,21)22/h3-4,6,9H,5,7-8H2,1-2H3,(H2,16,21,22). The molecule has 1 aliphatic rings. The van der Waals surface area contributed by atoms with Crippen molar-refractivity contribution in [1.29, 1.82) is 0 Å². The molecule has 23 heavy (non-hydrogen) atoms. The van der Waals surface area contributed by atoms with E-state index in [1.165, 1.54) is 15.9 Å². The van der Waals surface area contributed by atoms with Gasteiger partial charge >= 0.3 is 0 Å². The predicted molar refractivity (Wildman–Crippen MR) is 87.9 cm³/mol. The van der Waals surface area contributed by atoms with Crippen molar-refractivity contribution in [3.63, 3.8) is 0 Å². The molecule has 2 rings (SSSR count). The number of hydrogen-bond donors (Lipinski definition) is 1. The summed E-state index contributed by atoms with van der Waals surface area (Å²) < 4.78 is 22.3. The summed E-state index contributed by atoms with van der Waals surface area (Å²) in [5.74, 6) is -1.01. The molecule has 2 N–H and O–H groups in total. The number of anilines is 1. The molecular formula is C14H18ClN3O4S. The van der Waals surface area contributed by atoms with E-state index in [-0.39, 0.29) is 41.5 Å². The lowest BCUT2D eigenvalue weighted by Gasteiger charge is -2.18. The Kier molecular flexibility index (Phi) is 4.98. The Morgan fingerprint density at radius 3 is 2.61 bits per heavy atom. The van der Waals surface area contributed by atoms with Crippen LogP contribution in [-0.4, -0.2) is 51.5 Å². The summed E-state index contributed by atoms with van der Waals surface area (Å²) in [6.07, 6.45) is 0.117. The monoisotopic (exact) mass is 359 g/mol. The zero-order valence-corrected chi connectivity index (χ0v) is 14.4. The zero-order chi connectivity index (χ0) is 17.4. The molecule has 0 saturated carbocycles. The Balaban J connectivity index is 2.21. The van der Waals surface area contributed by atoms with Crippen molar-refractivity contribution in [2.75, 3.05) is 31.3 Å². The molecule has 1 fully saturated rings. The molecule has 1 saturated heterocycles. The lowest BCUT2D eigenvalue weighted by molar-refractivity contribution is -0.117.